The molecule has 2 aliphatic rings. The first-order valence-corrected chi connectivity index (χ1v) is 6.72. The number of piperidine rings is 1. The summed E-state index contributed by atoms with van der Waals surface area (Å²) in [6.45, 7) is 3.65. The zero-order valence-electron chi connectivity index (χ0n) is 10.7. The number of carbonyl (C=O) groups is 1. The lowest BCUT2D eigenvalue weighted by Crippen LogP contribution is -2.50. The van der Waals surface area contributed by atoms with Gasteiger partial charge in [-0.05, 0) is 44.7 Å². The van der Waals surface area contributed by atoms with Crippen molar-refractivity contribution in [2.45, 2.75) is 38.1 Å². The number of hydrogen-bond donors (Lipinski definition) is 0. The number of likely N-dealkylation sites (tertiary alicyclic amines) is 1. The van der Waals surface area contributed by atoms with Crippen molar-refractivity contribution in [3.05, 3.63) is 0 Å². The van der Waals surface area contributed by atoms with E-state index in [4.69, 9.17) is 9.47 Å². The van der Waals surface area contributed by atoms with Crippen molar-refractivity contribution in [1.82, 2.24) is 4.90 Å². The molecule has 0 saturated carbocycles. The molecule has 2 saturated heterocycles. The van der Waals surface area contributed by atoms with E-state index < -0.39 is 0 Å². The fourth-order valence-electron chi connectivity index (χ4n) is 2.99. The number of rotatable bonds is 3. The Balaban J connectivity index is 2.02. The minimum Gasteiger partial charge on any atom is -0.468 e. The van der Waals surface area contributed by atoms with Gasteiger partial charge in [0, 0.05) is 13.2 Å². The summed E-state index contributed by atoms with van der Waals surface area (Å²) in [6, 6.07) is -0.0378. The molecule has 1 atom stereocenters. The Morgan fingerprint density at radius 2 is 1.88 bits per heavy atom. The number of nitrogens with zero attached hydrogens (tertiary/aromatic N) is 1. The molecule has 0 bridgehead atoms. The third kappa shape index (κ3) is 3.19. The van der Waals surface area contributed by atoms with Gasteiger partial charge < -0.3 is 9.47 Å². The van der Waals surface area contributed by atoms with E-state index in [0.717, 1.165) is 39.1 Å². The molecule has 0 aromatic rings. The predicted octanol–water partition coefficient (Wildman–Crippen LogP) is 1.44. The topological polar surface area (TPSA) is 38.8 Å². The van der Waals surface area contributed by atoms with Crippen LogP contribution in [0.25, 0.3) is 0 Å². The lowest BCUT2D eigenvalue weighted by molar-refractivity contribution is -0.151. The van der Waals surface area contributed by atoms with Gasteiger partial charge in [0.05, 0.1) is 7.11 Å². The standard InChI is InChI=1S/C13H23NO3/c1-16-13(15)12(11-5-9-17-10-6-11)14-7-3-2-4-8-14/h11-12H,2-10H2,1H3. The van der Waals surface area contributed by atoms with E-state index in [1.165, 1.54) is 26.4 Å². The summed E-state index contributed by atoms with van der Waals surface area (Å²) < 4.78 is 10.4. The molecule has 0 N–H and O–H groups in total. The van der Waals surface area contributed by atoms with Crippen molar-refractivity contribution < 1.29 is 14.3 Å². The van der Waals surface area contributed by atoms with Gasteiger partial charge in [0.1, 0.15) is 6.04 Å². The lowest BCUT2D eigenvalue weighted by atomic mass is 9.89. The van der Waals surface area contributed by atoms with E-state index in [1.54, 1.807) is 0 Å². The van der Waals surface area contributed by atoms with Crippen molar-refractivity contribution in [1.29, 1.82) is 0 Å². The smallest absolute Gasteiger partial charge is 0.323 e. The predicted molar refractivity (Wildman–Crippen MR) is 64.8 cm³/mol. The second-order valence-corrected chi connectivity index (χ2v) is 5.01. The van der Waals surface area contributed by atoms with Gasteiger partial charge in [-0.2, -0.15) is 0 Å². The van der Waals surface area contributed by atoms with Crippen molar-refractivity contribution in [2.75, 3.05) is 33.4 Å². The van der Waals surface area contributed by atoms with Gasteiger partial charge in [-0.25, -0.2) is 0 Å². The number of ether oxygens (including phenoxy) is 2. The molecule has 98 valence electrons. The molecule has 4 heteroatoms. The number of carbonyl (C=O) groups excluding carboxylic acids is 1. The second-order valence-electron chi connectivity index (χ2n) is 5.01. The summed E-state index contributed by atoms with van der Waals surface area (Å²) in [7, 11) is 1.50. The highest BCUT2D eigenvalue weighted by atomic mass is 16.5. The maximum absolute atomic E-state index is 12.0. The molecular weight excluding hydrogens is 218 g/mol. The minimum atomic E-state index is -0.0567. The normalized spacial score (nSPS) is 25.5. The van der Waals surface area contributed by atoms with Crippen LogP contribution >= 0.6 is 0 Å². The molecule has 2 fully saturated rings. The van der Waals surface area contributed by atoms with E-state index in [-0.39, 0.29) is 12.0 Å². The summed E-state index contributed by atoms with van der Waals surface area (Å²) in [6.07, 6.45) is 5.66. The SMILES string of the molecule is COC(=O)C(C1CCOCC1)N1CCCCC1. The molecule has 0 radical (unpaired) electrons. The van der Waals surface area contributed by atoms with Gasteiger partial charge in [0.2, 0.25) is 0 Å². The molecule has 0 aromatic carbocycles. The third-order valence-electron chi connectivity index (χ3n) is 3.94. The van der Waals surface area contributed by atoms with Crippen LogP contribution in [-0.4, -0.2) is 50.3 Å². The van der Waals surface area contributed by atoms with E-state index in [1.807, 2.05) is 0 Å². The van der Waals surface area contributed by atoms with Crippen LogP contribution in [-0.2, 0) is 14.3 Å². The summed E-state index contributed by atoms with van der Waals surface area (Å²) in [4.78, 5) is 14.3. The Hall–Kier alpha value is -0.610. The highest BCUT2D eigenvalue weighted by molar-refractivity contribution is 5.76. The maximum atomic E-state index is 12.0. The van der Waals surface area contributed by atoms with E-state index in [9.17, 15) is 4.79 Å². The first-order chi connectivity index (χ1) is 8.33. The van der Waals surface area contributed by atoms with Crippen LogP contribution in [0.15, 0.2) is 0 Å². The Labute approximate surface area is 103 Å². The van der Waals surface area contributed by atoms with E-state index >= 15 is 0 Å². The first-order valence-electron chi connectivity index (χ1n) is 6.72. The van der Waals surface area contributed by atoms with Gasteiger partial charge in [-0.1, -0.05) is 6.42 Å². The molecule has 0 aromatic heterocycles. The lowest BCUT2D eigenvalue weighted by Gasteiger charge is -2.38. The summed E-state index contributed by atoms with van der Waals surface area (Å²) in [5.74, 6) is 0.355. The molecule has 1 unspecified atom stereocenters. The molecule has 0 aliphatic carbocycles. The summed E-state index contributed by atoms with van der Waals surface area (Å²) in [5.41, 5.74) is 0. The van der Waals surface area contributed by atoms with Crippen LogP contribution in [0.4, 0.5) is 0 Å². The van der Waals surface area contributed by atoms with Crippen molar-refractivity contribution in [3.63, 3.8) is 0 Å². The zero-order valence-corrected chi connectivity index (χ0v) is 10.7. The monoisotopic (exact) mass is 241 g/mol. The molecule has 2 aliphatic heterocycles. The van der Waals surface area contributed by atoms with Gasteiger partial charge >= 0.3 is 5.97 Å². The first kappa shape index (κ1) is 12.8. The molecule has 2 heterocycles. The van der Waals surface area contributed by atoms with E-state index in [0.29, 0.717) is 5.92 Å². The minimum absolute atomic E-state index is 0.0378. The fraction of sp³-hybridized carbons (Fsp3) is 0.923. The Bertz CT molecular complexity index is 227. The molecule has 4 nitrogen and oxygen atoms in total. The van der Waals surface area contributed by atoms with Gasteiger partial charge in [0.15, 0.2) is 0 Å². The third-order valence-corrected chi connectivity index (χ3v) is 3.94. The molecule has 0 amide bonds. The Kier molecular flexibility index (Phi) is 4.80. The van der Waals surface area contributed by atoms with Crippen LogP contribution in [0.3, 0.4) is 0 Å². The average molecular weight is 241 g/mol. The van der Waals surface area contributed by atoms with Crippen LogP contribution in [0, 0.1) is 5.92 Å². The average Bonchev–Trinajstić information content (AvgIpc) is 2.41. The Morgan fingerprint density at radius 1 is 1.24 bits per heavy atom. The molecule has 2 rings (SSSR count). The van der Waals surface area contributed by atoms with Crippen molar-refractivity contribution in [2.24, 2.45) is 5.92 Å². The molecule has 0 spiro atoms. The fourth-order valence-corrected chi connectivity index (χ4v) is 2.99. The number of methoxy groups -OCH3 is 1. The van der Waals surface area contributed by atoms with Crippen LogP contribution < -0.4 is 0 Å². The zero-order chi connectivity index (χ0) is 12.1. The van der Waals surface area contributed by atoms with Gasteiger partial charge in [-0.3, -0.25) is 9.69 Å². The van der Waals surface area contributed by atoms with Gasteiger partial charge in [-0.15, -0.1) is 0 Å². The largest absolute Gasteiger partial charge is 0.468 e. The Morgan fingerprint density at radius 3 is 2.47 bits per heavy atom. The van der Waals surface area contributed by atoms with Crippen LogP contribution in [0.2, 0.25) is 0 Å². The highest BCUT2D eigenvalue weighted by Gasteiger charge is 2.35. The van der Waals surface area contributed by atoms with Crippen molar-refractivity contribution in [3.8, 4) is 0 Å². The van der Waals surface area contributed by atoms with Crippen LogP contribution in [0.1, 0.15) is 32.1 Å². The summed E-state index contributed by atoms with van der Waals surface area (Å²) >= 11 is 0. The second kappa shape index (κ2) is 6.36. The number of hydrogen-bond acceptors (Lipinski definition) is 4. The molecular formula is C13H23NO3. The number of esters is 1. The van der Waals surface area contributed by atoms with Gasteiger partial charge in [0.25, 0.3) is 0 Å². The molecule has 17 heavy (non-hydrogen) atoms. The van der Waals surface area contributed by atoms with E-state index in [2.05, 4.69) is 4.90 Å². The summed E-state index contributed by atoms with van der Waals surface area (Å²) in [5, 5.41) is 0. The highest BCUT2D eigenvalue weighted by Crippen LogP contribution is 2.26. The quantitative estimate of drug-likeness (QED) is 0.701. The van der Waals surface area contributed by atoms with Crippen molar-refractivity contribution >= 4 is 5.97 Å². The maximum Gasteiger partial charge on any atom is 0.323 e. The van der Waals surface area contributed by atoms with Crippen LogP contribution in [0.5, 0.6) is 0 Å².